The van der Waals surface area contributed by atoms with Gasteiger partial charge in [-0.05, 0) is 30.3 Å². The van der Waals surface area contributed by atoms with E-state index in [4.69, 9.17) is 22.2 Å². The number of hydrogen-bond donors (Lipinski definition) is 2. The third-order valence-electron chi connectivity index (χ3n) is 2.80. The fourth-order valence-corrected chi connectivity index (χ4v) is 2.56. The van der Waals surface area contributed by atoms with Crippen LogP contribution in [0.3, 0.4) is 0 Å². The molecule has 2 aromatic carbocycles. The van der Waals surface area contributed by atoms with Crippen LogP contribution in [-0.4, -0.2) is 9.97 Å². The fourth-order valence-electron chi connectivity index (χ4n) is 1.85. The van der Waals surface area contributed by atoms with Gasteiger partial charge in [-0.25, -0.2) is 10.8 Å². The van der Waals surface area contributed by atoms with Crippen molar-refractivity contribution in [1.82, 2.24) is 9.97 Å². The molecule has 1 aromatic heterocycles. The standard InChI is InChI=1S/C14H10BrClN4O/c15-8-5-6-12(10(16)7-8)21-13-9-3-1-2-4-11(9)18-14(19-13)20-17/h1-7H,17H2,(H,18,19,20). The minimum Gasteiger partial charge on any atom is -0.437 e. The fraction of sp³-hybridized carbons (Fsp3) is 0. The van der Waals surface area contributed by atoms with Gasteiger partial charge in [0.05, 0.1) is 15.9 Å². The molecule has 0 radical (unpaired) electrons. The van der Waals surface area contributed by atoms with E-state index in [2.05, 4.69) is 31.3 Å². The summed E-state index contributed by atoms with van der Waals surface area (Å²) >= 11 is 9.52. The molecule has 5 nitrogen and oxygen atoms in total. The van der Waals surface area contributed by atoms with Gasteiger partial charge in [-0.2, -0.15) is 4.98 Å². The number of nitrogens with one attached hydrogen (secondary N) is 1. The number of rotatable bonds is 3. The molecular formula is C14H10BrClN4O. The van der Waals surface area contributed by atoms with Crippen molar-refractivity contribution in [2.75, 3.05) is 5.43 Å². The first-order valence-electron chi connectivity index (χ1n) is 6.03. The number of benzene rings is 2. The molecule has 3 N–H and O–H groups in total. The van der Waals surface area contributed by atoms with E-state index in [1.807, 2.05) is 30.3 Å². The largest absolute Gasteiger partial charge is 0.437 e. The topological polar surface area (TPSA) is 73.1 Å². The number of hydrogen-bond acceptors (Lipinski definition) is 5. The highest BCUT2D eigenvalue weighted by Gasteiger charge is 2.11. The highest BCUT2D eigenvalue weighted by Crippen LogP contribution is 2.34. The summed E-state index contributed by atoms with van der Waals surface area (Å²) in [7, 11) is 0. The molecule has 3 aromatic rings. The first-order valence-corrected chi connectivity index (χ1v) is 7.21. The lowest BCUT2D eigenvalue weighted by atomic mass is 10.2. The van der Waals surface area contributed by atoms with Crippen LogP contribution >= 0.6 is 27.5 Å². The molecule has 0 aliphatic rings. The van der Waals surface area contributed by atoms with Crippen molar-refractivity contribution in [3.8, 4) is 11.6 Å². The maximum Gasteiger partial charge on any atom is 0.241 e. The van der Waals surface area contributed by atoms with Crippen molar-refractivity contribution in [2.45, 2.75) is 0 Å². The highest BCUT2D eigenvalue weighted by atomic mass is 79.9. The molecule has 0 unspecified atom stereocenters. The van der Waals surface area contributed by atoms with E-state index in [9.17, 15) is 0 Å². The van der Waals surface area contributed by atoms with Crippen LogP contribution in [0, 0.1) is 0 Å². The Labute approximate surface area is 134 Å². The van der Waals surface area contributed by atoms with Crippen LogP contribution in [-0.2, 0) is 0 Å². The minimum atomic E-state index is 0.275. The maximum atomic E-state index is 6.17. The van der Waals surface area contributed by atoms with Gasteiger partial charge in [0.15, 0.2) is 0 Å². The normalized spacial score (nSPS) is 10.6. The first-order chi connectivity index (χ1) is 10.2. The van der Waals surface area contributed by atoms with Gasteiger partial charge in [0.2, 0.25) is 11.8 Å². The monoisotopic (exact) mass is 364 g/mol. The Morgan fingerprint density at radius 3 is 2.71 bits per heavy atom. The van der Waals surface area contributed by atoms with Gasteiger partial charge in [-0.1, -0.05) is 39.7 Å². The summed E-state index contributed by atoms with van der Waals surface area (Å²) in [5.74, 6) is 6.56. The van der Waals surface area contributed by atoms with Crippen LogP contribution in [0.1, 0.15) is 0 Å². The maximum absolute atomic E-state index is 6.17. The van der Waals surface area contributed by atoms with Gasteiger partial charge in [0.25, 0.3) is 0 Å². The predicted molar refractivity (Wildman–Crippen MR) is 86.6 cm³/mol. The number of anilines is 1. The lowest BCUT2D eigenvalue weighted by Gasteiger charge is -2.10. The number of aromatic nitrogens is 2. The molecule has 0 bridgehead atoms. The number of nitrogens with zero attached hydrogens (tertiary/aromatic N) is 2. The zero-order valence-corrected chi connectivity index (χ0v) is 13.0. The molecule has 0 aliphatic carbocycles. The van der Waals surface area contributed by atoms with Crippen LogP contribution in [0.15, 0.2) is 46.9 Å². The third kappa shape index (κ3) is 2.92. The number of halogens is 2. The average molecular weight is 366 g/mol. The van der Waals surface area contributed by atoms with Gasteiger partial charge in [-0.15, -0.1) is 0 Å². The van der Waals surface area contributed by atoms with Gasteiger partial charge >= 0.3 is 0 Å². The van der Waals surface area contributed by atoms with Gasteiger partial charge < -0.3 is 4.74 Å². The van der Waals surface area contributed by atoms with Crippen molar-refractivity contribution in [3.63, 3.8) is 0 Å². The quantitative estimate of drug-likeness (QED) is 0.539. The number of para-hydroxylation sites is 1. The second kappa shape index (κ2) is 5.85. The van der Waals surface area contributed by atoms with Crippen LogP contribution < -0.4 is 16.0 Å². The van der Waals surface area contributed by atoms with E-state index in [0.717, 1.165) is 15.4 Å². The van der Waals surface area contributed by atoms with Crippen molar-refractivity contribution in [3.05, 3.63) is 52.0 Å². The molecule has 21 heavy (non-hydrogen) atoms. The number of nitrogens with two attached hydrogens (primary N) is 1. The molecule has 0 saturated carbocycles. The number of nitrogen functional groups attached to an aromatic ring is 1. The van der Waals surface area contributed by atoms with E-state index in [1.54, 1.807) is 12.1 Å². The molecular weight excluding hydrogens is 356 g/mol. The summed E-state index contributed by atoms with van der Waals surface area (Å²) in [6.45, 7) is 0. The Kier molecular flexibility index (Phi) is 3.92. The Hall–Kier alpha value is -1.89. The molecule has 0 spiro atoms. The lowest BCUT2D eigenvalue weighted by molar-refractivity contribution is 0.469. The Morgan fingerprint density at radius 1 is 1.14 bits per heavy atom. The van der Waals surface area contributed by atoms with Crippen LogP contribution in [0.5, 0.6) is 11.6 Å². The average Bonchev–Trinajstić information content (AvgIpc) is 2.49. The Bertz CT molecular complexity index is 812. The lowest BCUT2D eigenvalue weighted by Crippen LogP contribution is -2.11. The Balaban J connectivity index is 2.10. The van der Waals surface area contributed by atoms with Crippen LogP contribution in [0.4, 0.5) is 5.95 Å². The van der Waals surface area contributed by atoms with E-state index in [-0.39, 0.29) is 5.95 Å². The zero-order chi connectivity index (χ0) is 14.8. The molecule has 1 heterocycles. The summed E-state index contributed by atoms with van der Waals surface area (Å²) in [6, 6.07) is 12.9. The highest BCUT2D eigenvalue weighted by molar-refractivity contribution is 9.10. The number of ether oxygens (including phenoxy) is 1. The van der Waals surface area contributed by atoms with Gasteiger partial charge in [0, 0.05) is 4.47 Å². The van der Waals surface area contributed by atoms with E-state index in [0.29, 0.717) is 16.7 Å². The minimum absolute atomic E-state index is 0.275. The molecule has 0 atom stereocenters. The van der Waals surface area contributed by atoms with Crippen molar-refractivity contribution in [2.24, 2.45) is 5.84 Å². The SMILES string of the molecule is NNc1nc(Oc2ccc(Br)cc2Cl)c2ccccc2n1. The molecule has 0 saturated heterocycles. The summed E-state index contributed by atoms with van der Waals surface area (Å²) in [6.07, 6.45) is 0. The van der Waals surface area contributed by atoms with Gasteiger partial charge in [-0.3, -0.25) is 5.43 Å². The molecule has 106 valence electrons. The van der Waals surface area contributed by atoms with Gasteiger partial charge in [0.1, 0.15) is 5.75 Å². The second-order valence-electron chi connectivity index (χ2n) is 4.19. The van der Waals surface area contributed by atoms with Crippen molar-refractivity contribution >= 4 is 44.4 Å². The van der Waals surface area contributed by atoms with E-state index >= 15 is 0 Å². The zero-order valence-electron chi connectivity index (χ0n) is 10.7. The molecule has 0 fully saturated rings. The molecule has 7 heteroatoms. The van der Waals surface area contributed by atoms with Crippen LogP contribution in [0.2, 0.25) is 5.02 Å². The van der Waals surface area contributed by atoms with Crippen LogP contribution in [0.25, 0.3) is 10.9 Å². The summed E-state index contributed by atoms with van der Waals surface area (Å²) in [5, 5.41) is 1.25. The molecule has 0 aliphatic heterocycles. The van der Waals surface area contributed by atoms with E-state index < -0.39 is 0 Å². The summed E-state index contributed by atoms with van der Waals surface area (Å²) in [5.41, 5.74) is 3.15. The Morgan fingerprint density at radius 2 is 1.95 bits per heavy atom. The second-order valence-corrected chi connectivity index (χ2v) is 5.51. The third-order valence-corrected chi connectivity index (χ3v) is 3.59. The first kappa shape index (κ1) is 14.1. The van der Waals surface area contributed by atoms with Crippen molar-refractivity contribution < 1.29 is 4.74 Å². The number of fused-ring (bicyclic) bond motifs is 1. The molecule has 0 amide bonds. The number of hydrazine groups is 1. The van der Waals surface area contributed by atoms with E-state index in [1.165, 1.54) is 0 Å². The molecule has 3 rings (SSSR count). The predicted octanol–water partition coefficient (Wildman–Crippen LogP) is 4.12. The van der Waals surface area contributed by atoms with Crippen molar-refractivity contribution in [1.29, 1.82) is 0 Å². The smallest absolute Gasteiger partial charge is 0.241 e. The summed E-state index contributed by atoms with van der Waals surface area (Å²) in [4.78, 5) is 8.50. The summed E-state index contributed by atoms with van der Waals surface area (Å²) < 4.78 is 6.69.